The van der Waals surface area contributed by atoms with Crippen molar-refractivity contribution in [2.45, 2.75) is 30.8 Å². The summed E-state index contributed by atoms with van der Waals surface area (Å²) in [6.45, 7) is 2.06. The van der Waals surface area contributed by atoms with Crippen molar-refractivity contribution >= 4 is 40.2 Å². The van der Waals surface area contributed by atoms with Crippen molar-refractivity contribution in [2.75, 3.05) is 18.8 Å². The van der Waals surface area contributed by atoms with Crippen LogP contribution in [0.15, 0.2) is 33.4 Å². The lowest BCUT2D eigenvalue weighted by molar-refractivity contribution is -0.0795. The molecule has 0 saturated carbocycles. The Morgan fingerprint density at radius 3 is 3.04 bits per heavy atom. The SMILES string of the molecule is C#C/C(Cl)=C\C(=C/C)Sc1nn(CC2CCNCC2(F)F)c2ncnc(N)c12. The summed E-state index contributed by atoms with van der Waals surface area (Å²) in [6, 6.07) is 0. The maximum Gasteiger partial charge on any atom is 0.264 e. The predicted octanol–water partition coefficient (Wildman–Crippen LogP) is 3.41. The van der Waals surface area contributed by atoms with E-state index in [-0.39, 0.29) is 23.9 Å². The zero-order valence-electron chi connectivity index (χ0n) is 15.1. The number of aromatic nitrogens is 4. The van der Waals surface area contributed by atoms with Crippen molar-refractivity contribution in [1.29, 1.82) is 0 Å². The number of alkyl halides is 2. The summed E-state index contributed by atoms with van der Waals surface area (Å²) in [7, 11) is 0. The summed E-state index contributed by atoms with van der Waals surface area (Å²) in [6.07, 6.45) is 10.4. The Morgan fingerprint density at radius 1 is 1.57 bits per heavy atom. The number of allylic oxidation sites excluding steroid dienone is 3. The minimum atomic E-state index is -2.82. The third-order valence-electron chi connectivity index (χ3n) is 4.45. The first-order chi connectivity index (χ1) is 13.4. The zero-order chi connectivity index (χ0) is 20.3. The topological polar surface area (TPSA) is 81.7 Å². The summed E-state index contributed by atoms with van der Waals surface area (Å²) in [5.74, 6) is -1.09. The second kappa shape index (κ2) is 8.47. The van der Waals surface area contributed by atoms with Gasteiger partial charge in [-0.25, -0.2) is 23.4 Å². The predicted molar refractivity (Wildman–Crippen MR) is 108 cm³/mol. The fourth-order valence-electron chi connectivity index (χ4n) is 2.97. The Balaban J connectivity index is 2.00. The molecular weight excluding hydrogens is 406 g/mol. The van der Waals surface area contributed by atoms with E-state index in [1.54, 1.807) is 6.08 Å². The van der Waals surface area contributed by atoms with Crippen LogP contribution in [0, 0.1) is 18.3 Å². The van der Waals surface area contributed by atoms with Crippen LogP contribution in [-0.2, 0) is 6.54 Å². The molecule has 0 aliphatic carbocycles. The van der Waals surface area contributed by atoms with Gasteiger partial charge in [0.1, 0.15) is 17.2 Å². The molecule has 1 atom stereocenters. The van der Waals surface area contributed by atoms with E-state index in [2.05, 4.69) is 26.3 Å². The van der Waals surface area contributed by atoms with Gasteiger partial charge in [0.2, 0.25) is 0 Å². The Morgan fingerprint density at radius 2 is 2.36 bits per heavy atom. The Hall–Kier alpha value is -2.15. The molecule has 3 N–H and O–H groups in total. The first kappa shape index (κ1) is 20.6. The molecule has 3 heterocycles. The molecule has 0 radical (unpaired) electrons. The van der Waals surface area contributed by atoms with Crippen LogP contribution in [0.1, 0.15) is 13.3 Å². The van der Waals surface area contributed by atoms with E-state index in [4.69, 9.17) is 23.8 Å². The third-order valence-corrected chi connectivity index (χ3v) is 5.74. The minimum Gasteiger partial charge on any atom is -0.383 e. The van der Waals surface area contributed by atoms with Gasteiger partial charge in [-0.2, -0.15) is 5.10 Å². The molecule has 2 aromatic heterocycles. The van der Waals surface area contributed by atoms with Gasteiger partial charge >= 0.3 is 0 Å². The molecule has 10 heteroatoms. The number of hydrogen-bond acceptors (Lipinski definition) is 6. The number of nitrogens with zero attached hydrogens (tertiary/aromatic N) is 4. The Kier molecular flexibility index (Phi) is 6.23. The number of halogens is 3. The molecular formula is C18H19ClF2N6S. The molecule has 0 amide bonds. The highest BCUT2D eigenvalue weighted by atomic mass is 35.5. The maximum atomic E-state index is 14.3. The average molecular weight is 425 g/mol. The molecule has 6 nitrogen and oxygen atoms in total. The number of hydrogen-bond donors (Lipinski definition) is 2. The second-order valence-corrected chi connectivity index (χ2v) is 7.77. The smallest absolute Gasteiger partial charge is 0.264 e. The highest BCUT2D eigenvalue weighted by Crippen LogP contribution is 2.37. The molecule has 1 aliphatic rings. The number of nitrogens with two attached hydrogens (primary N) is 1. The fraction of sp³-hybridized carbons (Fsp3) is 0.389. The van der Waals surface area contributed by atoms with E-state index >= 15 is 0 Å². The average Bonchev–Trinajstić information content (AvgIpc) is 3.01. The molecule has 0 aromatic carbocycles. The van der Waals surface area contributed by atoms with Crippen LogP contribution >= 0.6 is 23.4 Å². The Bertz CT molecular complexity index is 978. The van der Waals surface area contributed by atoms with Crippen molar-refractivity contribution in [3.8, 4) is 12.3 Å². The normalized spacial score (nSPS) is 20.3. The standard InChI is InChI=1S/C18H19ClF2N6S/c1-3-12(19)7-13(4-2)28-17-14-15(22)24-10-25-16(14)27(26-17)8-11-5-6-23-9-18(11,20)21/h1,4,7,10-11,23H,5-6,8-9H2,2H3,(H2,22,24,25)/b12-7+,13-4+. The van der Waals surface area contributed by atoms with Crippen LogP contribution in [0.5, 0.6) is 0 Å². The quantitative estimate of drug-likeness (QED) is 0.435. The van der Waals surface area contributed by atoms with E-state index < -0.39 is 11.8 Å². The second-order valence-electron chi connectivity index (χ2n) is 6.30. The van der Waals surface area contributed by atoms with Gasteiger partial charge in [-0.1, -0.05) is 35.4 Å². The van der Waals surface area contributed by atoms with E-state index in [1.165, 1.54) is 22.8 Å². The van der Waals surface area contributed by atoms with Gasteiger partial charge in [0.05, 0.1) is 23.5 Å². The van der Waals surface area contributed by atoms with E-state index in [9.17, 15) is 8.78 Å². The molecule has 148 valence electrons. The van der Waals surface area contributed by atoms with E-state index in [1.807, 2.05) is 13.0 Å². The molecule has 0 bridgehead atoms. The lowest BCUT2D eigenvalue weighted by Crippen LogP contribution is -2.47. The largest absolute Gasteiger partial charge is 0.383 e. The third kappa shape index (κ3) is 4.29. The van der Waals surface area contributed by atoms with Crippen molar-refractivity contribution in [2.24, 2.45) is 5.92 Å². The molecule has 28 heavy (non-hydrogen) atoms. The number of thioether (sulfide) groups is 1. The number of rotatable bonds is 5. The highest BCUT2D eigenvalue weighted by Gasteiger charge is 2.42. The fourth-order valence-corrected chi connectivity index (χ4v) is 4.10. The van der Waals surface area contributed by atoms with Gasteiger partial charge in [-0.05, 0) is 26.0 Å². The van der Waals surface area contributed by atoms with Gasteiger partial charge in [-0.15, -0.1) is 6.42 Å². The molecule has 2 aromatic rings. The van der Waals surface area contributed by atoms with Crippen molar-refractivity contribution in [3.63, 3.8) is 0 Å². The number of piperidine rings is 1. The van der Waals surface area contributed by atoms with Crippen molar-refractivity contribution in [3.05, 3.63) is 28.4 Å². The van der Waals surface area contributed by atoms with Gasteiger partial charge in [0.15, 0.2) is 5.65 Å². The van der Waals surface area contributed by atoms with Crippen LogP contribution in [0.3, 0.4) is 0 Å². The number of fused-ring (bicyclic) bond motifs is 1. The number of anilines is 1. The summed E-state index contributed by atoms with van der Waals surface area (Å²) in [4.78, 5) is 8.98. The molecule has 1 fully saturated rings. The molecule has 3 rings (SSSR count). The zero-order valence-corrected chi connectivity index (χ0v) is 16.7. The summed E-state index contributed by atoms with van der Waals surface area (Å²) in [5.41, 5.74) is 6.46. The van der Waals surface area contributed by atoms with Gasteiger partial charge < -0.3 is 11.1 Å². The maximum absolute atomic E-state index is 14.3. The van der Waals surface area contributed by atoms with Crippen LogP contribution in [-0.4, -0.2) is 38.8 Å². The van der Waals surface area contributed by atoms with Crippen LogP contribution in [0.4, 0.5) is 14.6 Å². The van der Waals surface area contributed by atoms with Gasteiger partial charge in [0, 0.05) is 10.8 Å². The van der Waals surface area contributed by atoms with E-state index in [0.717, 1.165) is 4.91 Å². The Labute approximate surface area is 170 Å². The first-order valence-corrected chi connectivity index (χ1v) is 9.78. The van der Waals surface area contributed by atoms with Gasteiger partial charge in [-0.3, -0.25) is 0 Å². The first-order valence-electron chi connectivity index (χ1n) is 8.59. The van der Waals surface area contributed by atoms with Crippen LogP contribution < -0.4 is 11.1 Å². The summed E-state index contributed by atoms with van der Waals surface area (Å²) < 4.78 is 30.0. The molecule has 1 aliphatic heterocycles. The molecule has 1 saturated heterocycles. The molecule has 0 spiro atoms. The van der Waals surface area contributed by atoms with Crippen molar-refractivity contribution in [1.82, 2.24) is 25.1 Å². The van der Waals surface area contributed by atoms with E-state index in [0.29, 0.717) is 29.0 Å². The summed E-state index contributed by atoms with van der Waals surface area (Å²) in [5, 5.41) is 8.51. The number of nitrogens with one attached hydrogen (secondary N) is 1. The monoisotopic (exact) mass is 424 g/mol. The number of terminal acetylenes is 1. The minimum absolute atomic E-state index is 0.0360. The molecule has 1 unspecified atom stereocenters. The highest BCUT2D eigenvalue weighted by molar-refractivity contribution is 8.03. The summed E-state index contributed by atoms with van der Waals surface area (Å²) >= 11 is 7.20. The lowest BCUT2D eigenvalue weighted by atomic mass is 9.94. The van der Waals surface area contributed by atoms with Gasteiger partial charge in [0.25, 0.3) is 5.92 Å². The van der Waals surface area contributed by atoms with Crippen molar-refractivity contribution < 1.29 is 8.78 Å². The number of nitrogen functional groups attached to an aromatic ring is 1. The van der Waals surface area contributed by atoms with Crippen LogP contribution in [0.2, 0.25) is 0 Å². The van der Waals surface area contributed by atoms with Crippen LogP contribution in [0.25, 0.3) is 11.0 Å². The lowest BCUT2D eigenvalue weighted by Gasteiger charge is -2.31.